The average molecular weight is 332 g/mol. The Morgan fingerprint density at radius 3 is 1.58 bits per heavy atom. The van der Waals surface area contributed by atoms with E-state index in [-0.39, 0.29) is 4.70 Å². The molecule has 0 atom stereocenters. The van der Waals surface area contributed by atoms with Crippen molar-refractivity contribution in [1.82, 2.24) is 0 Å². The Hall–Kier alpha value is -2.50. The summed E-state index contributed by atoms with van der Waals surface area (Å²) in [5, 5.41) is 6.88. The molecule has 0 radical (unpaired) electrons. The van der Waals surface area contributed by atoms with E-state index >= 15 is 0 Å². The zero-order valence-electron chi connectivity index (χ0n) is 13.2. The van der Waals surface area contributed by atoms with Crippen LogP contribution < -0.4 is 15.9 Å². The maximum absolute atomic E-state index is 2.29. The third kappa shape index (κ3) is 3.09. The van der Waals surface area contributed by atoms with Gasteiger partial charge in [-0.05, 0) is 34.6 Å². The topological polar surface area (TPSA) is 0 Å². The lowest BCUT2D eigenvalue weighted by Gasteiger charge is -2.21. The Morgan fingerprint density at radius 1 is 0.458 bits per heavy atom. The maximum atomic E-state index is 2.29. The Kier molecular flexibility index (Phi) is 5.03. The van der Waals surface area contributed by atoms with Crippen molar-refractivity contribution in [3.8, 4) is 0 Å². The molecule has 0 aliphatic carbocycles. The van der Waals surface area contributed by atoms with Crippen LogP contribution >= 0.6 is 7.92 Å². The standard InChI is InChI=1S/C22H17P.FH/c1-3-12-19(13-4-1)23(20-14-5-2-6-15-20)22-17-9-11-18-10-7-8-16-21(18)22;/h1-17H;1H. The van der Waals surface area contributed by atoms with Crippen LogP contribution in [0.3, 0.4) is 0 Å². The van der Waals surface area contributed by atoms with Gasteiger partial charge in [-0.1, -0.05) is 103 Å². The molecule has 0 aromatic heterocycles. The Labute approximate surface area is 142 Å². The minimum atomic E-state index is -0.546. The highest BCUT2D eigenvalue weighted by molar-refractivity contribution is 7.80. The second kappa shape index (κ2) is 7.38. The lowest BCUT2D eigenvalue weighted by molar-refractivity contribution is 1.11. The third-order valence-electron chi connectivity index (χ3n) is 4.04. The van der Waals surface area contributed by atoms with Gasteiger partial charge in [0.05, 0.1) is 0 Å². The van der Waals surface area contributed by atoms with E-state index in [0.29, 0.717) is 0 Å². The second-order valence-electron chi connectivity index (χ2n) is 5.50. The molecule has 4 aromatic rings. The fourth-order valence-electron chi connectivity index (χ4n) is 2.98. The third-order valence-corrected chi connectivity index (χ3v) is 6.54. The number of halogens is 1. The first-order valence-corrected chi connectivity index (χ1v) is 9.16. The molecule has 0 N–H and O–H groups in total. The Morgan fingerprint density at radius 2 is 0.958 bits per heavy atom. The van der Waals surface area contributed by atoms with Crippen molar-refractivity contribution in [3.63, 3.8) is 0 Å². The van der Waals surface area contributed by atoms with Crippen LogP contribution in [0.1, 0.15) is 0 Å². The molecule has 0 saturated carbocycles. The Balaban J connectivity index is 0.00000169. The molecule has 4 aromatic carbocycles. The van der Waals surface area contributed by atoms with E-state index in [1.54, 1.807) is 0 Å². The summed E-state index contributed by atoms with van der Waals surface area (Å²) in [7, 11) is -0.546. The molecule has 0 aliphatic rings. The number of rotatable bonds is 3. The van der Waals surface area contributed by atoms with Gasteiger partial charge in [-0.3, -0.25) is 4.70 Å². The van der Waals surface area contributed by atoms with Gasteiger partial charge in [0.15, 0.2) is 0 Å². The highest BCUT2D eigenvalue weighted by atomic mass is 31.1. The molecule has 0 amide bonds. The molecule has 4 rings (SSSR count). The summed E-state index contributed by atoms with van der Waals surface area (Å²) in [6.07, 6.45) is 0. The summed E-state index contributed by atoms with van der Waals surface area (Å²) >= 11 is 0. The van der Waals surface area contributed by atoms with Crippen molar-refractivity contribution in [3.05, 3.63) is 103 Å². The van der Waals surface area contributed by atoms with Gasteiger partial charge in [-0.2, -0.15) is 0 Å². The lowest BCUT2D eigenvalue weighted by Crippen LogP contribution is -2.21. The predicted molar refractivity (Wildman–Crippen MR) is 105 cm³/mol. The first kappa shape index (κ1) is 16.4. The zero-order chi connectivity index (χ0) is 15.5. The predicted octanol–water partition coefficient (Wildman–Crippen LogP) is 4.75. The van der Waals surface area contributed by atoms with Crippen molar-refractivity contribution in [2.45, 2.75) is 0 Å². The molecule has 0 bridgehead atoms. The number of fused-ring (bicyclic) bond motifs is 1. The molecule has 0 fully saturated rings. The van der Waals surface area contributed by atoms with Crippen LogP contribution in [-0.4, -0.2) is 0 Å². The van der Waals surface area contributed by atoms with Gasteiger partial charge in [0.1, 0.15) is 0 Å². The first-order valence-electron chi connectivity index (χ1n) is 7.81. The van der Waals surface area contributed by atoms with E-state index in [4.69, 9.17) is 0 Å². The fourth-order valence-corrected chi connectivity index (χ4v) is 5.46. The SMILES string of the molecule is F.c1ccc(P(c2ccccc2)c2cccc3ccccc23)cc1. The van der Waals surface area contributed by atoms with E-state index in [1.165, 1.54) is 26.7 Å². The summed E-state index contributed by atoms with van der Waals surface area (Å²) in [6.45, 7) is 0. The summed E-state index contributed by atoms with van der Waals surface area (Å²) in [6, 6.07) is 37.1. The molecule has 0 spiro atoms. The molecule has 0 aliphatic heterocycles. The lowest BCUT2D eigenvalue weighted by atomic mass is 10.1. The smallest absolute Gasteiger partial charge is 0.00726 e. The van der Waals surface area contributed by atoms with Crippen LogP contribution in [0, 0.1) is 0 Å². The van der Waals surface area contributed by atoms with Crippen LogP contribution in [0.25, 0.3) is 10.8 Å². The van der Waals surface area contributed by atoms with Gasteiger partial charge >= 0.3 is 0 Å². The van der Waals surface area contributed by atoms with Crippen molar-refractivity contribution in [2.75, 3.05) is 0 Å². The molecule has 24 heavy (non-hydrogen) atoms. The summed E-state index contributed by atoms with van der Waals surface area (Å²) < 4.78 is 0. The molecule has 2 heteroatoms. The van der Waals surface area contributed by atoms with E-state index in [0.717, 1.165) is 0 Å². The van der Waals surface area contributed by atoms with Crippen molar-refractivity contribution >= 4 is 34.6 Å². The summed E-state index contributed by atoms with van der Waals surface area (Å²) in [4.78, 5) is 0. The van der Waals surface area contributed by atoms with Gasteiger partial charge in [0.25, 0.3) is 0 Å². The minimum absolute atomic E-state index is 0. The van der Waals surface area contributed by atoms with Gasteiger partial charge < -0.3 is 0 Å². The number of benzene rings is 4. The minimum Gasteiger partial charge on any atom is -0.269 e. The van der Waals surface area contributed by atoms with E-state index < -0.39 is 7.92 Å². The van der Waals surface area contributed by atoms with Crippen molar-refractivity contribution in [1.29, 1.82) is 0 Å². The second-order valence-corrected chi connectivity index (χ2v) is 7.69. The fraction of sp³-hybridized carbons (Fsp3) is 0. The molecule has 0 heterocycles. The molecule has 0 nitrogen and oxygen atoms in total. The molecule has 0 saturated heterocycles. The molecule has 0 unspecified atom stereocenters. The summed E-state index contributed by atoms with van der Waals surface area (Å²) in [5.41, 5.74) is 0. The van der Waals surface area contributed by atoms with Crippen molar-refractivity contribution in [2.24, 2.45) is 0 Å². The van der Waals surface area contributed by atoms with Crippen LogP contribution in [-0.2, 0) is 0 Å². The highest BCUT2D eigenvalue weighted by Crippen LogP contribution is 2.35. The monoisotopic (exact) mass is 332 g/mol. The van der Waals surface area contributed by atoms with Crippen LogP contribution in [0.4, 0.5) is 4.70 Å². The molecule has 118 valence electrons. The van der Waals surface area contributed by atoms with Crippen LogP contribution in [0.2, 0.25) is 0 Å². The average Bonchev–Trinajstić information content (AvgIpc) is 2.64. The molecular formula is C22H18FP. The van der Waals surface area contributed by atoms with Crippen LogP contribution in [0.5, 0.6) is 0 Å². The van der Waals surface area contributed by atoms with Gasteiger partial charge in [-0.25, -0.2) is 0 Å². The summed E-state index contributed by atoms with van der Waals surface area (Å²) in [5.74, 6) is 0. The number of hydrogen-bond donors (Lipinski definition) is 0. The largest absolute Gasteiger partial charge is 0.269 e. The van der Waals surface area contributed by atoms with Gasteiger partial charge in [-0.15, -0.1) is 0 Å². The Bertz CT molecular complexity index is 875. The van der Waals surface area contributed by atoms with E-state index in [2.05, 4.69) is 103 Å². The number of hydrogen-bond acceptors (Lipinski definition) is 0. The zero-order valence-corrected chi connectivity index (χ0v) is 14.1. The normalized spacial score (nSPS) is 10.5. The van der Waals surface area contributed by atoms with E-state index in [1.807, 2.05) is 0 Å². The van der Waals surface area contributed by atoms with Crippen LogP contribution in [0.15, 0.2) is 103 Å². The van der Waals surface area contributed by atoms with E-state index in [9.17, 15) is 0 Å². The highest BCUT2D eigenvalue weighted by Gasteiger charge is 2.17. The quantitative estimate of drug-likeness (QED) is 0.475. The maximum Gasteiger partial charge on any atom is -0.00726 e. The van der Waals surface area contributed by atoms with Gasteiger partial charge in [0.2, 0.25) is 0 Å². The molecular weight excluding hydrogens is 314 g/mol. The van der Waals surface area contributed by atoms with Gasteiger partial charge in [0, 0.05) is 0 Å². The first-order chi connectivity index (χ1) is 11.4. The van der Waals surface area contributed by atoms with Crippen molar-refractivity contribution < 1.29 is 4.70 Å².